The highest BCUT2D eigenvalue weighted by Gasteiger charge is 2.11. The Morgan fingerprint density at radius 3 is 2.70 bits per heavy atom. The highest BCUT2D eigenvalue weighted by Crippen LogP contribution is 2.24. The summed E-state index contributed by atoms with van der Waals surface area (Å²) in [6.45, 7) is 0.659. The third kappa shape index (κ3) is 3.51. The number of fused-ring (bicyclic) bond motifs is 1. The zero-order valence-corrected chi connectivity index (χ0v) is 16.5. The van der Waals surface area contributed by atoms with Crippen molar-refractivity contribution in [3.8, 4) is 22.8 Å². The number of aryl methyl sites for hydroxylation is 1. The van der Waals surface area contributed by atoms with Crippen LogP contribution in [0.3, 0.4) is 0 Å². The summed E-state index contributed by atoms with van der Waals surface area (Å²) in [6, 6.07) is 20.1. The SMILES string of the molecule is Cn1ccc2c(CNc3cc(-c4cccnc4)nc(-c4ccccn4)n3)cccc21. The van der Waals surface area contributed by atoms with E-state index in [0.29, 0.717) is 12.4 Å². The lowest BCUT2D eigenvalue weighted by Gasteiger charge is -2.11. The first-order valence-electron chi connectivity index (χ1n) is 9.75. The first-order valence-corrected chi connectivity index (χ1v) is 9.75. The third-order valence-corrected chi connectivity index (χ3v) is 5.06. The van der Waals surface area contributed by atoms with Crippen LogP contribution in [0, 0.1) is 0 Å². The number of rotatable bonds is 5. The predicted molar refractivity (Wildman–Crippen MR) is 119 cm³/mol. The number of hydrogen-bond acceptors (Lipinski definition) is 5. The first-order chi connectivity index (χ1) is 14.8. The molecule has 0 bridgehead atoms. The van der Waals surface area contributed by atoms with Crippen LogP contribution in [0.2, 0.25) is 0 Å². The van der Waals surface area contributed by atoms with E-state index in [0.717, 1.165) is 22.8 Å². The van der Waals surface area contributed by atoms with Gasteiger partial charge in [0, 0.05) is 60.9 Å². The summed E-state index contributed by atoms with van der Waals surface area (Å²) < 4.78 is 2.13. The normalized spacial score (nSPS) is 11.0. The molecule has 0 radical (unpaired) electrons. The van der Waals surface area contributed by atoms with Crippen LogP contribution in [0.15, 0.2) is 85.5 Å². The van der Waals surface area contributed by atoms with E-state index >= 15 is 0 Å². The van der Waals surface area contributed by atoms with Crippen molar-refractivity contribution in [3.63, 3.8) is 0 Å². The molecule has 5 aromatic rings. The van der Waals surface area contributed by atoms with E-state index in [1.165, 1.54) is 16.5 Å². The minimum atomic E-state index is 0.581. The lowest BCUT2D eigenvalue weighted by molar-refractivity contribution is 0.968. The van der Waals surface area contributed by atoms with Crippen LogP contribution >= 0.6 is 0 Å². The maximum atomic E-state index is 4.73. The molecule has 0 amide bonds. The summed E-state index contributed by atoms with van der Waals surface area (Å²) in [5, 5.41) is 4.71. The highest BCUT2D eigenvalue weighted by molar-refractivity contribution is 5.83. The van der Waals surface area contributed by atoms with Crippen LogP contribution in [0.5, 0.6) is 0 Å². The van der Waals surface area contributed by atoms with Gasteiger partial charge in [0.05, 0.1) is 5.69 Å². The van der Waals surface area contributed by atoms with Crippen molar-refractivity contribution in [1.29, 1.82) is 0 Å². The molecule has 4 aromatic heterocycles. The second-order valence-corrected chi connectivity index (χ2v) is 7.05. The fourth-order valence-corrected chi connectivity index (χ4v) is 3.52. The fraction of sp³-hybridized carbons (Fsp3) is 0.0833. The van der Waals surface area contributed by atoms with E-state index in [4.69, 9.17) is 9.97 Å². The number of benzene rings is 1. The lowest BCUT2D eigenvalue weighted by atomic mass is 10.1. The van der Waals surface area contributed by atoms with E-state index in [-0.39, 0.29) is 0 Å². The number of nitrogens with zero attached hydrogens (tertiary/aromatic N) is 5. The van der Waals surface area contributed by atoms with Crippen LogP contribution in [-0.4, -0.2) is 24.5 Å². The van der Waals surface area contributed by atoms with Crippen molar-refractivity contribution in [2.24, 2.45) is 7.05 Å². The number of pyridine rings is 2. The van der Waals surface area contributed by atoms with Gasteiger partial charge in [0.25, 0.3) is 0 Å². The average Bonchev–Trinajstić information content (AvgIpc) is 3.20. The van der Waals surface area contributed by atoms with Gasteiger partial charge < -0.3 is 9.88 Å². The predicted octanol–water partition coefficient (Wildman–Crippen LogP) is 4.70. The van der Waals surface area contributed by atoms with Crippen LogP contribution in [-0.2, 0) is 13.6 Å². The smallest absolute Gasteiger partial charge is 0.180 e. The van der Waals surface area contributed by atoms with Gasteiger partial charge in [-0.05, 0) is 42.0 Å². The molecule has 0 spiro atoms. The Bertz CT molecular complexity index is 1240. The Morgan fingerprint density at radius 1 is 0.900 bits per heavy atom. The van der Waals surface area contributed by atoms with Crippen molar-refractivity contribution >= 4 is 16.7 Å². The minimum absolute atomic E-state index is 0.581. The van der Waals surface area contributed by atoms with Gasteiger partial charge in [-0.15, -0.1) is 0 Å². The summed E-state index contributed by atoms with van der Waals surface area (Å²) in [7, 11) is 2.06. The Balaban J connectivity index is 1.52. The second kappa shape index (κ2) is 7.75. The van der Waals surface area contributed by atoms with Gasteiger partial charge in [-0.1, -0.05) is 18.2 Å². The molecule has 1 N–H and O–H groups in total. The van der Waals surface area contributed by atoms with E-state index in [1.54, 1.807) is 18.6 Å². The molecule has 5 rings (SSSR count). The molecule has 146 valence electrons. The lowest BCUT2D eigenvalue weighted by Crippen LogP contribution is -2.05. The molecule has 6 nitrogen and oxygen atoms in total. The second-order valence-electron chi connectivity index (χ2n) is 7.05. The quantitative estimate of drug-likeness (QED) is 0.469. The number of aromatic nitrogens is 5. The number of hydrogen-bond donors (Lipinski definition) is 1. The summed E-state index contributed by atoms with van der Waals surface area (Å²) in [6.07, 6.45) is 7.39. The fourth-order valence-electron chi connectivity index (χ4n) is 3.52. The van der Waals surface area contributed by atoms with Crippen molar-refractivity contribution in [3.05, 3.63) is 91.0 Å². The number of anilines is 1. The van der Waals surface area contributed by atoms with Crippen molar-refractivity contribution in [2.75, 3.05) is 5.32 Å². The molecule has 1 aromatic carbocycles. The topological polar surface area (TPSA) is 68.5 Å². The van der Waals surface area contributed by atoms with Gasteiger partial charge in [-0.3, -0.25) is 9.97 Å². The zero-order chi connectivity index (χ0) is 20.3. The maximum Gasteiger partial charge on any atom is 0.180 e. The zero-order valence-electron chi connectivity index (χ0n) is 16.5. The number of nitrogens with one attached hydrogen (secondary N) is 1. The van der Waals surface area contributed by atoms with Gasteiger partial charge in [-0.2, -0.15) is 0 Å². The van der Waals surface area contributed by atoms with Crippen molar-refractivity contribution in [1.82, 2.24) is 24.5 Å². The Labute approximate surface area is 174 Å². The minimum Gasteiger partial charge on any atom is -0.366 e. The van der Waals surface area contributed by atoms with E-state index < -0.39 is 0 Å². The van der Waals surface area contributed by atoms with Crippen LogP contribution < -0.4 is 5.32 Å². The molecule has 0 atom stereocenters. The van der Waals surface area contributed by atoms with Gasteiger partial charge in [0.1, 0.15) is 11.5 Å². The van der Waals surface area contributed by atoms with E-state index in [9.17, 15) is 0 Å². The highest BCUT2D eigenvalue weighted by atomic mass is 15.0. The van der Waals surface area contributed by atoms with Crippen molar-refractivity contribution in [2.45, 2.75) is 6.54 Å². The van der Waals surface area contributed by atoms with Gasteiger partial charge in [0.15, 0.2) is 5.82 Å². The molecular formula is C24H20N6. The van der Waals surface area contributed by atoms with Crippen molar-refractivity contribution < 1.29 is 0 Å². The summed E-state index contributed by atoms with van der Waals surface area (Å²) >= 11 is 0. The Morgan fingerprint density at radius 2 is 1.87 bits per heavy atom. The van der Waals surface area contributed by atoms with Crippen LogP contribution in [0.25, 0.3) is 33.7 Å². The molecule has 4 heterocycles. The Hall–Kier alpha value is -4.06. The standard InChI is InChI=1S/C24H20N6/c1-30-13-10-19-17(6-4-9-22(19)30)16-27-23-14-21(18-7-5-11-25-15-18)28-24(29-23)20-8-2-3-12-26-20/h2-15H,16H2,1H3,(H,27,28,29). The van der Waals surface area contributed by atoms with E-state index in [1.807, 2.05) is 36.4 Å². The molecule has 0 saturated carbocycles. The molecule has 0 saturated heterocycles. The molecule has 6 heteroatoms. The van der Waals surface area contributed by atoms with Crippen LogP contribution in [0.4, 0.5) is 5.82 Å². The van der Waals surface area contributed by atoms with Gasteiger partial charge in [0.2, 0.25) is 0 Å². The third-order valence-electron chi connectivity index (χ3n) is 5.06. The summed E-state index contributed by atoms with van der Waals surface area (Å²) in [4.78, 5) is 18.1. The van der Waals surface area contributed by atoms with Gasteiger partial charge in [-0.25, -0.2) is 9.97 Å². The molecule has 0 unspecified atom stereocenters. The summed E-state index contributed by atoms with van der Waals surface area (Å²) in [5.41, 5.74) is 4.90. The van der Waals surface area contributed by atoms with Crippen LogP contribution in [0.1, 0.15) is 5.56 Å². The average molecular weight is 392 g/mol. The molecule has 30 heavy (non-hydrogen) atoms. The molecule has 0 aliphatic rings. The molecular weight excluding hydrogens is 372 g/mol. The first kappa shape index (κ1) is 18.0. The van der Waals surface area contributed by atoms with E-state index in [2.05, 4.69) is 57.4 Å². The maximum absolute atomic E-state index is 4.73. The Kier molecular flexibility index (Phi) is 4.65. The molecule has 0 aliphatic carbocycles. The summed E-state index contributed by atoms with van der Waals surface area (Å²) in [5.74, 6) is 1.33. The van der Waals surface area contributed by atoms with Gasteiger partial charge >= 0.3 is 0 Å². The largest absolute Gasteiger partial charge is 0.366 e. The monoisotopic (exact) mass is 392 g/mol. The molecule has 0 aliphatic heterocycles. The molecule has 0 fully saturated rings.